The Bertz CT molecular complexity index is 679. The van der Waals surface area contributed by atoms with Gasteiger partial charge < -0.3 is 9.80 Å². The number of carbonyl (C=O) groups excluding carboxylic acids is 1. The van der Waals surface area contributed by atoms with Gasteiger partial charge in [0.05, 0.1) is 6.54 Å². The molecule has 2 saturated heterocycles. The van der Waals surface area contributed by atoms with Crippen molar-refractivity contribution in [1.82, 2.24) is 24.7 Å². The molecule has 0 N–H and O–H groups in total. The molecular formula is C21H33N5O. The molecule has 27 heavy (non-hydrogen) atoms. The van der Waals surface area contributed by atoms with Crippen LogP contribution in [0.3, 0.4) is 0 Å². The maximum atomic E-state index is 12.9. The third-order valence-corrected chi connectivity index (χ3v) is 6.38. The van der Waals surface area contributed by atoms with Crippen LogP contribution in [0.1, 0.15) is 55.6 Å². The van der Waals surface area contributed by atoms with E-state index in [4.69, 9.17) is 4.98 Å². The van der Waals surface area contributed by atoms with Crippen LogP contribution in [0.5, 0.6) is 0 Å². The molecule has 0 radical (unpaired) electrons. The Hall–Kier alpha value is -1.53. The SMILES string of the molecule is C[C@@H]1CCCN(CC(=O)N2CCC[C@@H](c3ncc4c(n3)CCN(C)C4)C2)C1. The molecule has 1 aromatic heterocycles. The van der Waals surface area contributed by atoms with Gasteiger partial charge in [-0.25, -0.2) is 9.97 Å². The van der Waals surface area contributed by atoms with Gasteiger partial charge in [0.15, 0.2) is 0 Å². The van der Waals surface area contributed by atoms with Crippen molar-refractivity contribution in [1.29, 1.82) is 0 Å². The molecule has 0 aliphatic carbocycles. The molecule has 4 rings (SSSR count). The van der Waals surface area contributed by atoms with Crippen molar-refractivity contribution in [3.8, 4) is 0 Å². The summed E-state index contributed by atoms with van der Waals surface area (Å²) in [6.45, 7) is 8.66. The van der Waals surface area contributed by atoms with Gasteiger partial charge in [-0.05, 0) is 45.2 Å². The highest BCUT2D eigenvalue weighted by atomic mass is 16.2. The Balaban J connectivity index is 1.38. The molecule has 2 atom stereocenters. The Labute approximate surface area is 162 Å². The first-order valence-corrected chi connectivity index (χ1v) is 10.6. The van der Waals surface area contributed by atoms with Gasteiger partial charge in [0.2, 0.25) is 5.91 Å². The first-order valence-electron chi connectivity index (χ1n) is 10.6. The summed E-state index contributed by atoms with van der Waals surface area (Å²) >= 11 is 0. The van der Waals surface area contributed by atoms with Crippen molar-refractivity contribution in [2.24, 2.45) is 5.92 Å². The number of piperidine rings is 2. The van der Waals surface area contributed by atoms with E-state index in [1.54, 1.807) is 0 Å². The van der Waals surface area contributed by atoms with E-state index in [9.17, 15) is 4.79 Å². The lowest BCUT2D eigenvalue weighted by Gasteiger charge is -2.36. The van der Waals surface area contributed by atoms with Crippen LogP contribution < -0.4 is 0 Å². The zero-order valence-electron chi connectivity index (χ0n) is 16.9. The summed E-state index contributed by atoms with van der Waals surface area (Å²) in [6, 6.07) is 0. The number of carbonyl (C=O) groups is 1. The number of likely N-dealkylation sites (tertiary alicyclic amines) is 2. The van der Waals surface area contributed by atoms with Gasteiger partial charge in [0, 0.05) is 62.5 Å². The second-order valence-corrected chi connectivity index (χ2v) is 8.85. The van der Waals surface area contributed by atoms with Crippen LogP contribution in [-0.4, -0.2) is 76.9 Å². The predicted octanol–water partition coefficient (Wildman–Crippen LogP) is 1.90. The summed E-state index contributed by atoms with van der Waals surface area (Å²) in [7, 11) is 2.14. The largest absolute Gasteiger partial charge is 0.341 e. The standard InChI is InChI=1S/C21H33N5O/c1-16-5-3-8-25(12-16)15-20(27)26-9-4-6-17(14-26)21-22-11-18-13-24(2)10-7-19(18)23-21/h11,16-17H,3-10,12-15H2,1-2H3/t16-,17-/m1/s1. The van der Waals surface area contributed by atoms with Crippen molar-refractivity contribution < 1.29 is 4.79 Å². The van der Waals surface area contributed by atoms with E-state index in [1.807, 2.05) is 6.20 Å². The van der Waals surface area contributed by atoms with Gasteiger partial charge in [-0.2, -0.15) is 0 Å². The highest BCUT2D eigenvalue weighted by molar-refractivity contribution is 5.78. The van der Waals surface area contributed by atoms with Crippen LogP contribution in [0.25, 0.3) is 0 Å². The van der Waals surface area contributed by atoms with Crippen LogP contribution >= 0.6 is 0 Å². The molecule has 2 fully saturated rings. The van der Waals surface area contributed by atoms with Crippen molar-refractivity contribution in [3.63, 3.8) is 0 Å². The highest BCUT2D eigenvalue weighted by Crippen LogP contribution is 2.26. The first kappa shape index (κ1) is 18.8. The van der Waals surface area contributed by atoms with Gasteiger partial charge in [-0.3, -0.25) is 9.69 Å². The first-order chi connectivity index (χ1) is 13.1. The van der Waals surface area contributed by atoms with Crippen molar-refractivity contribution in [3.05, 3.63) is 23.3 Å². The van der Waals surface area contributed by atoms with Crippen molar-refractivity contribution in [2.75, 3.05) is 46.3 Å². The summed E-state index contributed by atoms with van der Waals surface area (Å²) in [5.41, 5.74) is 2.47. The molecule has 0 saturated carbocycles. The van der Waals surface area contributed by atoms with Gasteiger partial charge in [-0.1, -0.05) is 6.92 Å². The minimum atomic E-state index is 0.285. The minimum Gasteiger partial charge on any atom is -0.341 e. The maximum absolute atomic E-state index is 12.9. The predicted molar refractivity (Wildman–Crippen MR) is 105 cm³/mol. The van der Waals surface area contributed by atoms with Crippen LogP contribution in [0, 0.1) is 5.92 Å². The third kappa shape index (κ3) is 4.49. The van der Waals surface area contributed by atoms with Crippen molar-refractivity contribution in [2.45, 2.75) is 51.5 Å². The summed E-state index contributed by atoms with van der Waals surface area (Å²) in [5.74, 6) is 2.23. The number of hydrogen-bond acceptors (Lipinski definition) is 5. The Morgan fingerprint density at radius 3 is 2.89 bits per heavy atom. The second-order valence-electron chi connectivity index (χ2n) is 8.85. The number of aromatic nitrogens is 2. The topological polar surface area (TPSA) is 52.6 Å². The normalized spacial score (nSPS) is 27.4. The zero-order valence-corrected chi connectivity index (χ0v) is 16.9. The van der Waals surface area contributed by atoms with E-state index in [2.05, 4.69) is 33.7 Å². The van der Waals surface area contributed by atoms with E-state index in [0.717, 1.165) is 64.4 Å². The summed E-state index contributed by atoms with van der Waals surface area (Å²) in [5, 5.41) is 0. The molecule has 3 aliphatic heterocycles. The number of hydrogen-bond donors (Lipinski definition) is 0. The molecule has 1 aromatic rings. The second kappa shape index (κ2) is 8.23. The number of amides is 1. The lowest BCUT2D eigenvalue weighted by Crippen LogP contribution is -2.47. The Kier molecular flexibility index (Phi) is 5.74. The van der Waals surface area contributed by atoms with E-state index < -0.39 is 0 Å². The van der Waals surface area contributed by atoms with Crippen LogP contribution in [0.15, 0.2) is 6.20 Å². The molecule has 0 aromatic carbocycles. The fourth-order valence-electron chi connectivity index (χ4n) is 4.81. The molecule has 1 amide bonds. The molecule has 3 aliphatic rings. The van der Waals surface area contributed by atoms with Crippen LogP contribution in [0.2, 0.25) is 0 Å². The fourth-order valence-corrected chi connectivity index (χ4v) is 4.81. The molecule has 0 unspecified atom stereocenters. The summed E-state index contributed by atoms with van der Waals surface area (Å²) < 4.78 is 0. The molecular weight excluding hydrogens is 338 g/mol. The highest BCUT2D eigenvalue weighted by Gasteiger charge is 2.29. The average Bonchev–Trinajstić information content (AvgIpc) is 2.67. The molecule has 4 heterocycles. The third-order valence-electron chi connectivity index (χ3n) is 6.38. The monoisotopic (exact) mass is 371 g/mol. The molecule has 148 valence electrons. The Morgan fingerprint density at radius 2 is 2.04 bits per heavy atom. The summed E-state index contributed by atoms with van der Waals surface area (Å²) in [4.78, 5) is 29.2. The smallest absolute Gasteiger partial charge is 0.236 e. The number of likely N-dealkylation sites (N-methyl/N-ethyl adjacent to an activating group) is 1. The van der Waals surface area contributed by atoms with Crippen molar-refractivity contribution >= 4 is 5.91 Å². The molecule has 6 nitrogen and oxygen atoms in total. The zero-order chi connectivity index (χ0) is 18.8. The summed E-state index contributed by atoms with van der Waals surface area (Å²) in [6.07, 6.45) is 7.67. The molecule has 0 bridgehead atoms. The fraction of sp³-hybridized carbons (Fsp3) is 0.762. The van der Waals surface area contributed by atoms with Crippen LogP contribution in [0.4, 0.5) is 0 Å². The van der Waals surface area contributed by atoms with E-state index in [1.165, 1.54) is 24.1 Å². The number of nitrogens with zero attached hydrogens (tertiary/aromatic N) is 5. The van der Waals surface area contributed by atoms with Crippen LogP contribution in [-0.2, 0) is 17.8 Å². The number of fused-ring (bicyclic) bond motifs is 1. The quantitative estimate of drug-likeness (QED) is 0.812. The average molecular weight is 372 g/mol. The maximum Gasteiger partial charge on any atom is 0.236 e. The molecule has 6 heteroatoms. The van der Waals surface area contributed by atoms with Gasteiger partial charge in [-0.15, -0.1) is 0 Å². The lowest BCUT2D eigenvalue weighted by atomic mass is 9.96. The van der Waals surface area contributed by atoms with Gasteiger partial charge in [0.1, 0.15) is 5.82 Å². The Morgan fingerprint density at radius 1 is 1.19 bits per heavy atom. The number of rotatable bonds is 3. The van der Waals surface area contributed by atoms with Gasteiger partial charge >= 0.3 is 0 Å². The van der Waals surface area contributed by atoms with E-state index in [-0.39, 0.29) is 11.8 Å². The lowest BCUT2D eigenvalue weighted by molar-refractivity contribution is -0.134. The van der Waals surface area contributed by atoms with E-state index >= 15 is 0 Å². The molecule has 0 spiro atoms. The van der Waals surface area contributed by atoms with Gasteiger partial charge in [0.25, 0.3) is 0 Å². The van der Waals surface area contributed by atoms with E-state index in [0.29, 0.717) is 12.5 Å². The minimum absolute atomic E-state index is 0.285.